The predicted octanol–water partition coefficient (Wildman–Crippen LogP) is 14.1. The molecule has 0 unspecified atom stereocenters. The average molecular weight is 631 g/mol. The standard InChI is InChI=1S/C49H42/c1-5-27-49(28-6-2)45-29-33(47-41-19-11-7-15-35(41)31(3)36-16-8-12-20-42(36)47)23-25-39(45)40-26-24-34(30-46(40)49)48-43-21-13-9-17-37(43)32(4)38-18-10-14-22-44(38)48/h7-26,29-30H,5-6,27-28H2,1-4H3. The molecule has 0 spiro atoms. The van der Waals surface area contributed by atoms with E-state index >= 15 is 0 Å². The summed E-state index contributed by atoms with van der Waals surface area (Å²) in [6.07, 6.45) is 4.55. The van der Waals surface area contributed by atoms with Crippen molar-refractivity contribution in [1.82, 2.24) is 0 Å². The fourth-order valence-corrected chi connectivity index (χ4v) is 9.64. The Hall–Kier alpha value is -5.20. The van der Waals surface area contributed by atoms with Gasteiger partial charge in [0.15, 0.2) is 0 Å². The lowest BCUT2D eigenvalue weighted by atomic mass is 9.70. The first-order valence-electron chi connectivity index (χ1n) is 18.2. The van der Waals surface area contributed by atoms with Crippen LogP contribution in [-0.4, -0.2) is 0 Å². The van der Waals surface area contributed by atoms with Crippen LogP contribution < -0.4 is 0 Å². The molecule has 0 bridgehead atoms. The van der Waals surface area contributed by atoms with E-state index in [0.717, 1.165) is 25.7 Å². The molecule has 9 rings (SSSR count). The van der Waals surface area contributed by atoms with Crippen molar-refractivity contribution in [3.63, 3.8) is 0 Å². The largest absolute Gasteiger partial charge is 0.0653 e. The topological polar surface area (TPSA) is 0 Å². The van der Waals surface area contributed by atoms with Crippen LogP contribution in [0.15, 0.2) is 133 Å². The van der Waals surface area contributed by atoms with Crippen LogP contribution in [0.4, 0.5) is 0 Å². The Morgan fingerprint density at radius 1 is 0.388 bits per heavy atom. The Morgan fingerprint density at radius 3 is 1.00 bits per heavy atom. The Bertz CT molecular complexity index is 2300. The van der Waals surface area contributed by atoms with Crippen LogP contribution >= 0.6 is 0 Å². The van der Waals surface area contributed by atoms with E-state index in [1.54, 1.807) is 0 Å². The van der Waals surface area contributed by atoms with Gasteiger partial charge in [0.05, 0.1) is 0 Å². The van der Waals surface area contributed by atoms with Crippen LogP contribution in [-0.2, 0) is 5.41 Å². The molecule has 0 saturated heterocycles. The lowest BCUT2D eigenvalue weighted by Crippen LogP contribution is -2.25. The Labute approximate surface area is 290 Å². The maximum atomic E-state index is 2.58. The smallest absolute Gasteiger partial charge is 0.0215 e. The van der Waals surface area contributed by atoms with Crippen molar-refractivity contribution >= 4 is 43.1 Å². The third-order valence-electron chi connectivity index (χ3n) is 11.7. The van der Waals surface area contributed by atoms with Crippen molar-refractivity contribution < 1.29 is 0 Å². The van der Waals surface area contributed by atoms with Gasteiger partial charge in [0.25, 0.3) is 0 Å². The highest BCUT2D eigenvalue weighted by atomic mass is 14.4. The quantitative estimate of drug-likeness (QED) is 0.160. The highest BCUT2D eigenvalue weighted by Crippen LogP contribution is 2.56. The monoisotopic (exact) mass is 630 g/mol. The van der Waals surface area contributed by atoms with Gasteiger partial charge >= 0.3 is 0 Å². The van der Waals surface area contributed by atoms with Gasteiger partial charge in [0.2, 0.25) is 0 Å². The minimum atomic E-state index is -0.0349. The summed E-state index contributed by atoms with van der Waals surface area (Å²) in [5.41, 5.74) is 13.9. The predicted molar refractivity (Wildman–Crippen MR) is 213 cm³/mol. The van der Waals surface area contributed by atoms with Gasteiger partial charge in [-0.2, -0.15) is 0 Å². The van der Waals surface area contributed by atoms with Crippen LogP contribution in [0.1, 0.15) is 61.8 Å². The normalized spacial score (nSPS) is 13.4. The third kappa shape index (κ3) is 4.29. The molecule has 238 valence electrons. The van der Waals surface area contributed by atoms with Crippen LogP contribution in [0.5, 0.6) is 0 Å². The molecule has 0 aliphatic heterocycles. The third-order valence-corrected chi connectivity index (χ3v) is 11.7. The van der Waals surface area contributed by atoms with Crippen LogP contribution in [0, 0.1) is 13.8 Å². The summed E-state index contributed by atoms with van der Waals surface area (Å²) in [6, 6.07) is 50.8. The van der Waals surface area contributed by atoms with E-state index in [0.29, 0.717) is 0 Å². The molecule has 0 heterocycles. The van der Waals surface area contributed by atoms with E-state index in [-0.39, 0.29) is 5.41 Å². The molecule has 49 heavy (non-hydrogen) atoms. The summed E-state index contributed by atoms with van der Waals surface area (Å²) in [7, 11) is 0. The number of hydrogen-bond donors (Lipinski definition) is 0. The molecule has 1 aliphatic carbocycles. The second kappa shape index (κ2) is 11.5. The van der Waals surface area contributed by atoms with E-state index in [1.807, 2.05) is 0 Å². The average Bonchev–Trinajstić information content (AvgIpc) is 3.40. The van der Waals surface area contributed by atoms with E-state index in [4.69, 9.17) is 0 Å². The highest BCUT2D eigenvalue weighted by Gasteiger charge is 2.42. The van der Waals surface area contributed by atoms with Gasteiger partial charge < -0.3 is 0 Å². The summed E-state index contributed by atoms with van der Waals surface area (Å²) in [5.74, 6) is 0. The summed E-state index contributed by atoms with van der Waals surface area (Å²) in [4.78, 5) is 0. The van der Waals surface area contributed by atoms with E-state index in [9.17, 15) is 0 Å². The Balaban J connectivity index is 1.31. The summed E-state index contributed by atoms with van der Waals surface area (Å²) in [5, 5.41) is 10.7. The van der Waals surface area contributed by atoms with Gasteiger partial charge in [0.1, 0.15) is 0 Å². The van der Waals surface area contributed by atoms with Gasteiger partial charge in [0, 0.05) is 5.41 Å². The maximum Gasteiger partial charge on any atom is 0.0215 e. The number of aryl methyl sites for hydroxylation is 2. The second-order valence-electron chi connectivity index (χ2n) is 14.3. The molecule has 0 saturated carbocycles. The van der Waals surface area contributed by atoms with E-state index in [1.165, 1.54) is 98.7 Å². The summed E-state index contributed by atoms with van der Waals surface area (Å²) < 4.78 is 0. The summed E-state index contributed by atoms with van der Waals surface area (Å²) in [6.45, 7) is 9.29. The van der Waals surface area contributed by atoms with Crippen molar-refractivity contribution in [2.24, 2.45) is 0 Å². The zero-order valence-electron chi connectivity index (χ0n) is 29.0. The van der Waals surface area contributed by atoms with Gasteiger partial charge in [-0.25, -0.2) is 0 Å². The van der Waals surface area contributed by atoms with Crippen LogP contribution in [0.2, 0.25) is 0 Å². The molecular formula is C49H42. The van der Waals surface area contributed by atoms with Crippen molar-refractivity contribution in [1.29, 1.82) is 0 Å². The molecule has 1 aliphatic rings. The van der Waals surface area contributed by atoms with Crippen LogP contribution in [0.3, 0.4) is 0 Å². The number of fused-ring (bicyclic) bond motifs is 7. The minimum absolute atomic E-state index is 0.0349. The van der Waals surface area contributed by atoms with Crippen molar-refractivity contribution in [3.05, 3.63) is 156 Å². The molecule has 0 heteroatoms. The van der Waals surface area contributed by atoms with Gasteiger partial charge in [-0.15, -0.1) is 0 Å². The van der Waals surface area contributed by atoms with Crippen molar-refractivity contribution in [2.45, 2.75) is 58.8 Å². The zero-order chi connectivity index (χ0) is 33.3. The molecule has 0 aromatic heterocycles. The highest BCUT2D eigenvalue weighted by molar-refractivity contribution is 6.16. The second-order valence-corrected chi connectivity index (χ2v) is 14.3. The van der Waals surface area contributed by atoms with Gasteiger partial charge in [-0.05, 0) is 138 Å². The molecule has 8 aromatic rings. The fraction of sp³-hybridized carbons (Fsp3) is 0.184. The lowest BCUT2D eigenvalue weighted by Gasteiger charge is -2.32. The van der Waals surface area contributed by atoms with Gasteiger partial charge in [-0.3, -0.25) is 0 Å². The molecule has 0 amide bonds. The SMILES string of the molecule is CCCC1(CCC)c2cc(-c3c4ccccc4c(C)c4ccccc34)ccc2-c2ccc(-c3c4ccccc4c(C)c4ccccc34)cc21. The number of hydrogen-bond acceptors (Lipinski definition) is 0. The Morgan fingerprint density at radius 2 is 0.694 bits per heavy atom. The fourth-order valence-electron chi connectivity index (χ4n) is 9.64. The maximum absolute atomic E-state index is 2.58. The Kier molecular flexibility index (Phi) is 6.99. The van der Waals surface area contributed by atoms with E-state index < -0.39 is 0 Å². The molecule has 8 aromatic carbocycles. The first-order chi connectivity index (χ1) is 24.1. The van der Waals surface area contributed by atoms with Crippen molar-refractivity contribution in [2.75, 3.05) is 0 Å². The molecule has 0 radical (unpaired) electrons. The van der Waals surface area contributed by atoms with Crippen LogP contribution in [0.25, 0.3) is 76.5 Å². The summed E-state index contributed by atoms with van der Waals surface area (Å²) >= 11 is 0. The molecule has 0 nitrogen and oxygen atoms in total. The first kappa shape index (κ1) is 29.9. The lowest BCUT2D eigenvalue weighted by molar-refractivity contribution is 0.436. The first-order valence-corrected chi connectivity index (χ1v) is 18.2. The molecule has 0 atom stereocenters. The van der Waals surface area contributed by atoms with Gasteiger partial charge in [-0.1, -0.05) is 148 Å². The number of benzene rings is 8. The molecular weight excluding hydrogens is 589 g/mol. The van der Waals surface area contributed by atoms with E-state index in [2.05, 4.69) is 161 Å². The zero-order valence-corrected chi connectivity index (χ0v) is 29.0. The molecule has 0 fully saturated rings. The molecule has 0 N–H and O–H groups in total. The number of rotatable bonds is 6. The van der Waals surface area contributed by atoms with Crippen molar-refractivity contribution in [3.8, 4) is 33.4 Å². The minimum Gasteiger partial charge on any atom is -0.0653 e.